The lowest BCUT2D eigenvalue weighted by atomic mass is 10.1. The lowest BCUT2D eigenvalue weighted by Crippen LogP contribution is -2.15. The molecule has 0 heterocycles. The van der Waals surface area contributed by atoms with Crippen molar-refractivity contribution in [3.05, 3.63) is 63.7 Å². The fourth-order valence-corrected chi connectivity index (χ4v) is 2.31. The monoisotopic (exact) mass is 330 g/mol. The molecular formula is C18H22N2O4. The Morgan fingerprint density at radius 2 is 1.92 bits per heavy atom. The molecule has 0 saturated heterocycles. The summed E-state index contributed by atoms with van der Waals surface area (Å²) < 4.78 is 11.1. The van der Waals surface area contributed by atoms with E-state index >= 15 is 0 Å². The highest BCUT2D eigenvalue weighted by molar-refractivity contribution is 5.54. The van der Waals surface area contributed by atoms with Gasteiger partial charge in [-0.1, -0.05) is 37.3 Å². The molecular weight excluding hydrogens is 308 g/mol. The first kappa shape index (κ1) is 17.7. The highest BCUT2D eigenvalue weighted by Gasteiger charge is 2.19. The Hall–Kier alpha value is -2.60. The number of nitro benzene ring substituents is 1. The molecule has 0 bridgehead atoms. The summed E-state index contributed by atoms with van der Waals surface area (Å²) in [5.74, 6) is 0.858. The van der Waals surface area contributed by atoms with Crippen molar-refractivity contribution in [2.75, 3.05) is 13.7 Å². The van der Waals surface area contributed by atoms with Crippen LogP contribution in [0.5, 0.6) is 11.5 Å². The molecule has 0 atom stereocenters. The average molecular weight is 330 g/mol. The predicted octanol–water partition coefficient (Wildman–Crippen LogP) is 3.68. The summed E-state index contributed by atoms with van der Waals surface area (Å²) in [6.07, 6.45) is 0.962. The maximum atomic E-state index is 11.4. The standard InChI is InChI=1S/C18H22N2O4/c1-3-9-19-12-15-10-17(23-2)18(11-16(15)20(21)22)24-13-14-7-5-4-6-8-14/h4-8,10-11,19H,3,9,12-13H2,1-2H3. The number of nitrogens with zero attached hydrogens (tertiary/aromatic N) is 1. The SMILES string of the molecule is CCCNCc1cc(OC)c(OCc2ccccc2)cc1[N+](=O)[O-]. The number of nitro groups is 1. The molecule has 0 aliphatic heterocycles. The third-order valence-electron chi connectivity index (χ3n) is 3.54. The summed E-state index contributed by atoms with van der Waals surface area (Å²) in [6, 6.07) is 12.7. The van der Waals surface area contributed by atoms with Gasteiger partial charge in [0.1, 0.15) is 6.61 Å². The third-order valence-corrected chi connectivity index (χ3v) is 3.54. The van der Waals surface area contributed by atoms with E-state index in [9.17, 15) is 10.1 Å². The van der Waals surface area contributed by atoms with Crippen LogP contribution in [0.4, 0.5) is 5.69 Å². The van der Waals surface area contributed by atoms with Crippen LogP contribution in [0.1, 0.15) is 24.5 Å². The van der Waals surface area contributed by atoms with Gasteiger partial charge >= 0.3 is 0 Å². The van der Waals surface area contributed by atoms with E-state index in [-0.39, 0.29) is 5.69 Å². The molecule has 0 aromatic heterocycles. The van der Waals surface area contributed by atoms with Crippen LogP contribution >= 0.6 is 0 Å². The Bertz CT molecular complexity index is 674. The molecule has 128 valence electrons. The molecule has 2 aromatic carbocycles. The first-order chi connectivity index (χ1) is 11.7. The molecule has 2 rings (SSSR count). The Morgan fingerprint density at radius 3 is 2.54 bits per heavy atom. The predicted molar refractivity (Wildman–Crippen MR) is 92.4 cm³/mol. The van der Waals surface area contributed by atoms with E-state index in [1.54, 1.807) is 6.07 Å². The van der Waals surface area contributed by atoms with Crippen LogP contribution in [0.2, 0.25) is 0 Å². The van der Waals surface area contributed by atoms with Gasteiger partial charge in [-0.15, -0.1) is 0 Å². The van der Waals surface area contributed by atoms with Gasteiger partial charge in [-0.2, -0.15) is 0 Å². The zero-order valence-corrected chi connectivity index (χ0v) is 14.0. The number of methoxy groups -OCH3 is 1. The molecule has 0 fully saturated rings. The van der Waals surface area contributed by atoms with Crippen LogP contribution < -0.4 is 14.8 Å². The van der Waals surface area contributed by atoms with Gasteiger partial charge < -0.3 is 14.8 Å². The molecule has 24 heavy (non-hydrogen) atoms. The number of ether oxygens (including phenoxy) is 2. The van der Waals surface area contributed by atoms with Crippen molar-refractivity contribution in [3.8, 4) is 11.5 Å². The van der Waals surface area contributed by atoms with Crippen molar-refractivity contribution < 1.29 is 14.4 Å². The van der Waals surface area contributed by atoms with E-state index in [0.29, 0.717) is 30.2 Å². The van der Waals surface area contributed by atoms with Crippen LogP contribution in [0.15, 0.2) is 42.5 Å². The second-order valence-electron chi connectivity index (χ2n) is 5.34. The second-order valence-corrected chi connectivity index (χ2v) is 5.34. The van der Waals surface area contributed by atoms with Crippen LogP contribution in [-0.4, -0.2) is 18.6 Å². The van der Waals surface area contributed by atoms with Crippen LogP contribution in [0, 0.1) is 10.1 Å². The minimum absolute atomic E-state index is 0.0301. The van der Waals surface area contributed by atoms with Crippen molar-refractivity contribution in [2.45, 2.75) is 26.5 Å². The normalized spacial score (nSPS) is 10.4. The quantitative estimate of drug-likeness (QED) is 0.431. The molecule has 6 heteroatoms. The number of rotatable bonds is 9. The molecule has 0 aliphatic rings. The van der Waals surface area contributed by atoms with E-state index in [4.69, 9.17) is 9.47 Å². The van der Waals surface area contributed by atoms with Crippen molar-refractivity contribution in [1.29, 1.82) is 0 Å². The largest absolute Gasteiger partial charge is 0.493 e. The number of hydrogen-bond donors (Lipinski definition) is 1. The van der Waals surface area contributed by atoms with E-state index in [0.717, 1.165) is 18.5 Å². The van der Waals surface area contributed by atoms with Gasteiger partial charge in [-0.05, 0) is 24.6 Å². The van der Waals surface area contributed by atoms with Gasteiger partial charge in [-0.25, -0.2) is 0 Å². The number of nitrogens with one attached hydrogen (secondary N) is 1. The highest BCUT2D eigenvalue weighted by Crippen LogP contribution is 2.35. The summed E-state index contributed by atoms with van der Waals surface area (Å²) >= 11 is 0. The van der Waals surface area contributed by atoms with Gasteiger partial charge in [0.2, 0.25) is 0 Å². The van der Waals surface area contributed by atoms with E-state index in [1.807, 2.05) is 37.3 Å². The van der Waals surface area contributed by atoms with Crippen molar-refractivity contribution in [3.63, 3.8) is 0 Å². The maximum Gasteiger partial charge on any atom is 0.277 e. The Balaban J connectivity index is 2.23. The third kappa shape index (κ3) is 4.70. The van der Waals surface area contributed by atoms with Gasteiger partial charge in [0, 0.05) is 12.1 Å². The summed E-state index contributed by atoms with van der Waals surface area (Å²) in [5, 5.41) is 14.5. The molecule has 0 aliphatic carbocycles. The molecule has 0 spiro atoms. The summed E-state index contributed by atoms with van der Waals surface area (Å²) in [7, 11) is 1.53. The van der Waals surface area contributed by atoms with E-state index in [1.165, 1.54) is 13.2 Å². The molecule has 0 amide bonds. The molecule has 6 nitrogen and oxygen atoms in total. The molecule has 1 N–H and O–H groups in total. The van der Waals surface area contributed by atoms with Crippen LogP contribution in [0.25, 0.3) is 0 Å². The number of hydrogen-bond acceptors (Lipinski definition) is 5. The molecule has 0 saturated carbocycles. The van der Waals surface area contributed by atoms with E-state index in [2.05, 4.69) is 5.32 Å². The zero-order chi connectivity index (χ0) is 17.4. The van der Waals surface area contributed by atoms with Gasteiger partial charge in [-0.3, -0.25) is 10.1 Å². The Morgan fingerprint density at radius 1 is 1.17 bits per heavy atom. The fraction of sp³-hybridized carbons (Fsp3) is 0.333. The van der Waals surface area contributed by atoms with E-state index < -0.39 is 4.92 Å². The Kier molecular flexibility index (Phi) is 6.57. The first-order valence-corrected chi connectivity index (χ1v) is 7.88. The molecule has 2 aromatic rings. The zero-order valence-electron chi connectivity index (χ0n) is 14.0. The maximum absolute atomic E-state index is 11.4. The van der Waals surface area contributed by atoms with Gasteiger partial charge in [0.15, 0.2) is 11.5 Å². The lowest BCUT2D eigenvalue weighted by molar-refractivity contribution is -0.385. The second kappa shape index (κ2) is 8.88. The molecule has 0 radical (unpaired) electrons. The van der Waals surface area contributed by atoms with Crippen molar-refractivity contribution in [1.82, 2.24) is 5.32 Å². The number of benzene rings is 2. The smallest absolute Gasteiger partial charge is 0.277 e. The highest BCUT2D eigenvalue weighted by atomic mass is 16.6. The fourth-order valence-electron chi connectivity index (χ4n) is 2.31. The molecule has 0 unspecified atom stereocenters. The lowest BCUT2D eigenvalue weighted by Gasteiger charge is -2.13. The van der Waals surface area contributed by atoms with Gasteiger partial charge in [0.05, 0.1) is 18.1 Å². The van der Waals surface area contributed by atoms with Crippen molar-refractivity contribution >= 4 is 5.69 Å². The first-order valence-electron chi connectivity index (χ1n) is 7.88. The van der Waals surface area contributed by atoms with Crippen molar-refractivity contribution in [2.24, 2.45) is 0 Å². The Labute approximate surface area is 141 Å². The average Bonchev–Trinajstić information content (AvgIpc) is 2.60. The summed E-state index contributed by atoms with van der Waals surface area (Å²) in [6.45, 7) is 3.58. The topological polar surface area (TPSA) is 73.6 Å². The van der Waals surface area contributed by atoms with Crippen LogP contribution in [0.3, 0.4) is 0 Å². The summed E-state index contributed by atoms with van der Waals surface area (Å²) in [4.78, 5) is 11.0. The minimum atomic E-state index is -0.391. The minimum Gasteiger partial charge on any atom is -0.493 e. The van der Waals surface area contributed by atoms with Gasteiger partial charge in [0.25, 0.3) is 5.69 Å². The summed E-state index contributed by atoms with van der Waals surface area (Å²) in [5.41, 5.74) is 1.59. The van der Waals surface area contributed by atoms with Crippen LogP contribution in [-0.2, 0) is 13.2 Å².